The second-order valence-electron chi connectivity index (χ2n) is 7.36. The van der Waals surface area contributed by atoms with Crippen LogP contribution in [-0.4, -0.2) is 34.7 Å². The normalized spacial score (nSPS) is 13.2. The number of aliphatic carboxylic acids is 1. The molecule has 0 saturated carbocycles. The van der Waals surface area contributed by atoms with E-state index >= 15 is 0 Å². The standard InChI is InChI=1S/C25H23NO4S/c27-24(28)23(26-25(29)30-14-17-8-2-1-3-9-17)16-31-15-22-20-12-6-4-10-18(20)19-11-5-7-13-21(19)22/h1-13,22-23H,14-16H2,(H,26,29)(H,27,28). The van der Waals surface area contributed by atoms with Crippen LogP contribution in [-0.2, 0) is 16.1 Å². The molecule has 1 atom stereocenters. The first kappa shape index (κ1) is 21.0. The van der Waals surface area contributed by atoms with E-state index in [0.717, 1.165) is 11.3 Å². The molecule has 0 heterocycles. The van der Waals surface area contributed by atoms with E-state index in [1.165, 1.54) is 34.0 Å². The highest BCUT2D eigenvalue weighted by Gasteiger charge is 2.29. The summed E-state index contributed by atoms with van der Waals surface area (Å²) >= 11 is 1.52. The van der Waals surface area contributed by atoms with Gasteiger partial charge in [0.15, 0.2) is 0 Å². The number of hydrogen-bond donors (Lipinski definition) is 2. The minimum atomic E-state index is -1.07. The molecule has 1 unspecified atom stereocenters. The molecule has 0 aromatic heterocycles. The molecular weight excluding hydrogens is 410 g/mol. The minimum absolute atomic E-state index is 0.0990. The van der Waals surface area contributed by atoms with Gasteiger partial charge >= 0.3 is 12.1 Å². The van der Waals surface area contributed by atoms with Crippen LogP contribution in [0.2, 0.25) is 0 Å². The Hall–Kier alpha value is -3.25. The van der Waals surface area contributed by atoms with Gasteiger partial charge in [0, 0.05) is 17.4 Å². The second kappa shape index (κ2) is 9.71. The first-order chi connectivity index (χ1) is 15.1. The van der Waals surface area contributed by atoms with Gasteiger partial charge in [-0.05, 0) is 27.8 Å². The molecule has 1 amide bonds. The third-order valence-corrected chi connectivity index (χ3v) is 6.47. The van der Waals surface area contributed by atoms with Gasteiger partial charge in [-0.25, -0.2) is 9.59 Å². The lowest BCUT2D eigenvalue weighted by Crippen LogP contribution is -2.42. The third-order valence-electron chi connectivity index (χ3n) is 5.33. The first-order valence-electron chi connectivity index (χ1n) is 10.1. The molecule has 0 fully saturated rings. The molecule has 1 aliphatic carbocycles. The number of rotatable bonds is 8. The molecule has 2 N–H and O–H groups in total. The van der Waals surface area contributed by atoms with E-state index in [4.69, 9.17) is 4.74 Å². The minimum Gasteiger partial charge on any atom is -0.480 e. The van der Waals surface area contributed by atoms with Crippen molar-refractivity contribution >= 4 is 23.8 Å². The topological polar surface area (TPSA) is 75.6 Å². The van der Waals surface area contributed by atoms with Crippen molar-refractivity contribution in [1.82, 2.24) is 5.32 Å². The Balaban J connectivity index is 1.34. The van der Waals surface area contributed by atoms with Crippen molar-refractivity contribution in [2.75, 3.05) is 11.5 Å². The number of benzene rings is 3. The number of nitrogens with one attached hydrogen (secondary N) is 1. The number of carboxylic acid groups (broad SMARTS) is 1. The SMILES string of the molecule is O=C(NC(CSCC1c2ccccc2-c2ccccc21)C(=O)O)OCc1ccccc1. The summed E-state index contributed by atoms with van der Waals surface area (Å²) in [4.78, 5) is 23.7. The van der Waals surface area contributed by atoms with Gasteiger partial charge < -0.3 is 15.2 Å². The van der Waals surface area contributed by atoms with Gasteiger partial charge in [0.25, 0.3) is 0 Å². The predicted molar refractivity (Wildman–Crippen MR) is 122 cm³/mol. The fraction of sp³-hybridized carbons (Fsp3) is 0.200. The Kier molecular flexibility index (Phi) is 6.57. The summed E-state index contributed by atoms with van der Waals surface area (Å²) in [6.45, 7) is 0.0990. The smallest absolute Gasteiger partial charge is 0.408 e. The largest absolute Gasteiger partial charge is 0.480 e. The number of thioether (sulfide) groups is 1. The van der Waals surface area contributed by atoms with Gasteiger partial charge in [-0.15, -0.1) is 0 Å². The summed E-state index contributed by atoms with van der Waals surface area (Å²) in [5.41, 5.74) is 5.84. The van der Waals surface area contributed by atoms with Crippen molar-refractivity contribution < 1.29 is 19.4 Å². The molecule has 0 aliphatic heterocycles. The molecule has 6 heteroatoms. The van der Waals surface area contributed by atoms with Gasteiger partial charge in [0.1, 0.15) is 12.6 Å². The predicted octanol–water partition coefficient (Wildman–Crippen LogP) is 4.91. The molecule has 5 nitrogen and oxygen atoms in total. The zero-order valence-electron chi connectivity index (χ0n) is 16.9. The number of carboxylic acids is 1. The van der Waals surface area contributed by atoms with Gasteiger partial charge in [-0.2, -0.15) is 11.8 Å². The zero-order chi connectivity index (χ0) is 21.6. The average Bonchev–Trinajstić information content (AvgIpc) is 3.11. The van der Waals surface area contributed by atoms with Crippen LogP contribution in [0, 0.1) is 0 Å². The molecule has 4 rings (SSSR count). The van der Waals surface area contributed by atoms with E-state index in [1.54, 1.807) is 0 Å². The maximum Gasteiger partial charge on any atom is 0.408 e. The number of carbonyl (C=O) groups is 2. The van der Waals surface area contributed by atoms with Gasteiger partial charge in [-0.3, -0.25) is 0 Å². The number of amides is 1. The summed E-state index contributed by atoms with van der Waals surface area (Å²) in [5.74, 6) is 0.128. The van der Waals surface area contributed by atoms with Crippen molar-refractivity contribution in [2.45, 2.75) is 18.6 Å². The van der Waals surface area contributed by atoms with Crippen LogP contribution in [0.1, 0.15) is 22.6 Å². The highest BCUT2D eigenvalue weighted by atomic mass is 32.2. The molecule has 0 bridgehead atoms. The van der Waals surface area contributed by atoms with Crippen molar-refractivity contribution in [2.24, 2.45) is 0 Å². The van der Waals surface area contributed by atoms with Crippen molar-refractivity contribution in [3.8, 4) is 11.1 Å². The van der Waals surface area contributed by atoms with Crippen LogP contribution in [0.25, 0.3) is 11.1 Å². The lowest BCUT2D eigenvalue weighted by atomic mass is 9.99. The number of ether oxygens (including phenoxy) is 1. The summed E-state index contributed by atoms with van der Waals surface area (Å²) in [7, 11) is 0. The monoisotopic (exact) mass is 433 g/mol. The molecule has 0 saturated heterocycles. The van der Waals surface area contributed by atoms with E-state index in [1.807, 2.05) is 54.6 Å². The Labute approximate surface area is 185 Å². The Morgan fingerprint density at radius 3 is 2.10 bits per heavy atom. The number of carbonyl (C=O) groups excluding carboxylic acids is 1. The van der Waals surface area contributed by atoms with E-state index in [-0.39, 0.29) is 18.3 Å². The lowest BCUT2D eigenvalue weighted by molar-refractivity contribution is -0.138. The highest BCUT2D eigenvalue weighted by molar-refractivity contribution is 7.99. The molecule has 31 heavy (non-hydrogen) atoms. The molecule has 3 aromatic rings. The molecule has 0 spiro atoms. The quantitative estimate of drug-likeness (QED) is 0.528. The molecule has 0 radical (unpaired) electrons. The summed E-state index contributed by atoms with van der Waals surface area (Å²) in [6.07, 6.45) is -0.728. The van der Waals surface area contributed by atoms with E-state index in [0.29, 0.717) is 0 Å². The average molecular weight is 434 g/mol. The number of alkyl carbamates (subject to hydrolysis) is 1. The van der Waals surface area contributed by atoms with Gasteiger partial charge in [0.05, 0.1) is 0 Å². The van der Waals surface area contributed by atoms with Crippen LogP contribution >= 0.6 is 11.8 Å². The maximum absolute atomic E-state index is 12.1. The van der Waals surface area contributed by atoms with E-state index in [2.05, 4.69) is 29.6 Å². The fourth-order valence-corrected chi connectivity index (χ4v) is 5.02. The zero-order valence-corrected chi connectivity index (χ0v) is 17.7. The maximum atomic E-state index is 12.1. The summed E-state index contributed by atoms with van der Waals surface area (Å²) in [5, 5.41) is 12.0. The van der Waals surface area contributed by atoms with Crippen LogP contribution in [0.4, 0.5) is 4.79 Å². The summed E-state index contributed by atoms with van der Waals surface area (Å²) < 4.78 is 5.16. The molecule has 158 valence electrons. The lowest BCUT2D eigenvalue weighted by Gasteiger charge is -2.17. The number of fused-ring (bicyclic) bond motifs is 3. The van der Waals surface area contributed by atoms with Crippen LogP contribution < -0.4 is 5.32 Å². The van der Waals surface area contributed by atoms with Gasteiger partial charge in [0.2, 0.25) is 0 Å². The Bertz CT molecular complexity index is 1020. The van der Waals surface area contributed by atoms with Crippen LogP contribution in [0.5, 0.6) is 0 Å². The highest BCUT2D eigenvalue weighted by Crippen LogP contribution is 2.45. The van der Waals surface area contributed by atoms with E-state index in [9.17, 15) is 14.7 Å². The molecular formula is C25H23NO4S. The van der Waals surface area contributed by atoms with Crippen molar-refractivity contribution in [3.63, 3.8) is 0 Å². The summed E-state index contributed by atoms with van der Waals surface area (Å²) in [6, 6.07) is 24.9. The molecule has 1 aliphatic rings. The fourth-order valence-electron chi connectivity index (χ4n) is 3.82. The number of hydrogen-bond acceptors (Lipinski definition) is 4. The Morgan fingerprint density at radius 2 is 1.48 bits per heavy atom. The Morgan fingerprint density at radius 1 is 0.903 bits per heavy atom. The van der Waals surface area contributed by atoms with Crippen LogP contribution in [0.15, 0.2) is 78.9 Å². The van der Waals surface area contributed by atoms with Crippen molar-refractivity contribution in [1.29, 1.82) is 0 Å². The van der Waals surface area contributed by atoms with Crippen molar-refractivity contribution in [3.05, 3.63) is 95.6 Å². The molecule has 3 aromatic carbocycles. The second-order valence-corrected chi connectivity index (χ2v) is 8.44. The van der Waals surface area contributed by atoms with E-state index < -0.39 is 18.1 Å². The first-order valence-corrected chi connectivity index (χ1v) is 11.2. The van der Waals surface area contributed by atoms with Crippen LogP contribution in [0.3, 0.4) is 0 Å². The van der Waals surface area contributed by atoms with Gasteiger partial charge in [-0.1, -0.05) is 78.9 Å². The third kappa shape index (κ3) is 4.91.